The number of hydrogen-bond donors (Lipinski definition) is 2. The van der Waals surface area contributed by atoms with Crippen molar-refractivity contribution in [3.05, 3.63) is 34.9 Å². The Morgan fingerprint density at radius 3 is 2.59 bits per heavy atom. The van der Waals surface area contributed by atoms with Crippen molar-refractivity contribution in [2.24, 2.45) is 11.8 Å². The monoisotopic (exact) mass is 256 g/mol. The lowest BCUT2D eigenvalue weighted by Gasteiger charge is -2.29. The van der Waals surface area contributed by atoms with E-state index in [-0.39, 0.29) is 12.1 Å². The molecule has 0 aliphatic rings. The summed E-state index contributed by atoms with van der Waals surface area (Å²) >= 11 is 6.00. The molecule has 0 fully saturated rings. The van der Waals surface area contributed by atoms with Gasteiger partial charge >= 0.3 is 0 Å². The average molecular weight is 257 g/mol. The highest BCUT2D eigenvalue weighted by molar-refractivity contribution is 6.30. The molecule has 2 unspecified atom stereocenters. The number of nitrogens with two attached hydrogens (primary N) is 1. The molecule has 3 nitrogen and oxygen atoms in total. The standard InChI is InChI=1S/C13H21ClN2O/c1-4-17-13(9(2)3)12(16-15)10-6-5-7-11(14)8-10/h5-9,12-13,16H,4,15H2,1-3H3. The van der Waals surface area contributed by atoms with E-state index in [1.54, 1.807) is 0 Å². The van der Waals surface area contributed by atoms with Gasteiger partial charge < -0.3 is 4.74 Å². The number of nitrogens with one attached hydrogen (secondary N) is 1. The van der Waals surface area contributed by atoms with Crippen LogP contribution in [0.4, 0.5) is 0 Å². The topological polar surface area (TPSA) is 47.3 Å². The van der Waals surface area contributed by atoms with Gasteiger partial charge in [-0.15, -0.1) is 0 Å². The minimum atomic E-state index is -0.0475. The van der Waals surface area contributed by atoms with Gasteiger partial charge in [0, 0.05) is 11.6 Å². The summed E-state index contributed by atoms with van der Waals surface area (Å²) in [6, 6.07) is 7.65. The molecule has 0 aliphatic heterocycles. The molecule has 1 aromatic rings. The van der Waals surface area contributed by atoms with E-state index in [1.165, 1.54) is 0 Å². The van der Waals surface area contributed by atoms with Crippen molar-refractivity contribution < 1.29 is 4.74 Å². The van der Waals surface area contributed by atoms with Gasteiger partial charge in [0.15, 0.2) is 0 Å². The van der Waals surface area contributed by atoms with Crippen LogP contribution in [0.2, 0.25) is 5.02 Å². The Bertz CT molecular complexity index is 344. The molecular formula is C13H21ClN2O. The summed E-state index contributed by atoms with van der Waals surface area (Å²) in [5.74, 6) is 6.02. The highest BCUT2D eigenvalue weighted by atomic mass is 35.5. The van der Waals surface area contributed by atoms with Crippen molar-refractivity contribution in [1.82, 2.24) is 5.43 Å². The van der Waals surface area contributed by atoms with Crippen molar-refractivity contribution in [2.45, 2.75) is 32.9 Å². The molecule has 96 valence electrons. The Labute approximate surface area is 108 Å². The van der Waals surface area contributed by atoms with Crippen LogP contribution in [0.15, 0.2) is 24.3 Å². The molecule has 0 saturated heterocycles. The summed E-state index contributed by atoms with van der Waals surface area (Å²) in [6.45, 7) is 6.90. The third-order valence-electron chi connectivity index (χ3n) is 2.73. The Kier molecular flexibility index (Phi) is 5.92. The quantitative estimate of drug-likeness (QED) is 0.608. The number of benzene rings is 1. The molecule has 1 aromatic carbocycles. The van der Waals surface area contributed by atoms with Gasteiger partial charge in [0.05, 0.1) is 12.1 Å². The summed E-state index contributed by atoms with van der Waals surface area (Å²) in [5.41, 5.74) is 3.88. The molecule has 0 aliphatic carbocycles. The Morgan fingerprint density at radius 1 is 1.41 bits per heavy atom. The Morgan fingerprint density at radius 2 is 2.12 bits per heavy atom. The van der Waals surface area contributed by atoms with Gasteiger partial charge in [0.2, 0.25) is 0 Å². The van der Waals surface area contributed by atoms with Gasteiger partial charge in [-0.1, -0.05) is 37.6 Å². The van der Waals surface area contributed by atoms with E-state index in [2.05, 4.69) is 19.3 Å². The number of rotatable bonds is 6. The summed E-state index contributed by atoms with van der Waals surface area (Å²) < 4.78 is 5.77. The van der Waals surface area contributed by atoms with Gasteiger partial charge in [-0.2, -0.15) is 0 Å². The van der Waals surface area contributed by atoms with Crippen LogP contribution in [0.3, 0.4) is 0 Å². The molecule has 0 spiro atoms. The van der Waals surface area contributed by atoms with Gasteiger partial charge in [0.1, 0.15) is 0 Å². The first-order valence-corrected chi connectivity index (χ1v) is 6.31. The highest BCUT2D eigenvalue weighted by Gasteiger charge is 2.25. The SMILES string of the molecule is CCOC(C(C)C)C(NN)c1cccc(Cl)c1. The number of hydrazine groups is 1. The Balaban J connectivity index is 2.95. The van der Waals surface area contributed by atoms with Crippen LogP contribution < -0.4 is 11.3 Å². The second-order valence-corrected chi connectivity index (χ2v) is 4.80. The van der Waals surface area contributed by atoms with Crippen LogP contribution in [0.25, 0.3) is 0 Å². The molecular weight excluding hydrogens is 236 g/mol. The maximum absolute atomic E-state index is 6.00. The lowest BCUT2D eigenvalue weighted by atomic mass is 9.94. The molecule has 3 N–H and O–H groups in total. The van der Waals surface area contributed by atoms with Crippen LogP contribution in [0, 0.1) is 5.92 Å². The first-order valence-electron chi connectivity index (χ1n) is 5.93. The highest BCUT2D eigenvalue weighted by Crippen LogP contribution is 2.26. The lowest BCUT2D eigenvalue weighted by molar-refractivity contribution is 0.00277. The van der Waals surface area contributed by atoms with E-state index < -0.39 is 0 Å². The molecule has 0 aromatic heterocycles. The maximum atomic E-state index is 6.00. The molecule has 0 heterocycles. The zero-order chi connectivity index (χ0) is 12.8. The largest absolute Gasteiger partial charge is 0.376 e. The van der Waals surface area contributed by atoms with Gasteiger partial charge in [0.25, 0.3) is 0 Å². The third kappa shape index (κ3) is 3.96. The first-order chi connectivity index (χ1) is 8.10. The van der Waals surface area contributed by atoms with Crippen molar-refractivity contribution in [2.75, 3.05) is 6.61 Å². The summed E-state index contributed by atoms with van der Waals surface area (Å²) in [4.78, 5) is 0. The summed E-state index contributed by atoms with van der Waals surface area (Å²) in [6.07, 6.45) is 0.0310. The predicted molar refractivity (Wildman–Crippen MR) is 71.8 cm³/mol. The van der Waals surface area contributed by atoms with Crippen LogP contribution in [0.1, 0.15) is 32.4 Å². The zero-order valence-corrected chi connectivity index (χ0v) is 11.4. The molecule has 1 rings (SSSR count). The fourth-order valence-electron chi connectivity index (χ4n) is 1.95. The van der Waals surface area contributed by atoms with E-state index >= 15 is 0 Å². The first kappa shape index (κ1) is 14.5. The van der Waals surface area contributed by atoms with E-state index in [9.17, 15) is 0 Å². The second-order valence-electron chi connectivity index (χ2n) is 4.36. The third-order valence-corrected chi connectivity index (χ3v) is 2.97. The normalized spacial score (nSPS) is 14.9. The minimum Gasteiger partial charge on any atom is -0.376 e. The Hall–Kier alpha value is -0.610. The molecule has 0 bridgehead atoms. The molecule has 17 heavy (non-hydrogen) atoms. The summed E-state index contributed by atoms with van der Waals surface area (Å²) in [5, 5.41) is 0.710. The number of halogens is 1. The van der Waals surface area contributed by atoms with Crippen molar-refractivity contribution >= 4 is 11.6 Å². The van der Waals surface area contributed by atoms with Crippen LogP contribution >= 0.6 is 11.6 Å². The van der Waals surface area contributed by atoms with Gasteiger partial charge in [-0.25, -0.2) is 0 Å². The van der Waals surface area contributed by atoms with E-state index in [0.717, 1.165) is 5.56 Å². The van der Waals surface area contributed by atoms with E-state index in [1.807, 2.05) is 31.2 Å². The molecule has 0 saturated carbocycles. The van der Waals surface area contributed by atoms with Crippen LogP contribution in [-0.2, 0) is 4.74 Å². The summed E-state index contributed by atoms with van der Waals surface area (Å²) in [7, 11) is 0. The minimum absolute atomic E-state index is 0.0310. The number of hydrogen-bond acceptors (Lipinski definition) is 3. The molecule has 0 radical (unpaired) electrons. The van der Waals surface area contributed by atoms with E-state index in [0.29, 0.717) is 17.5 Å². The van der Waals surface area contributed by atoms with Gasteiger partial charge in [-0.3, -0.25) is 11.3 Å². The fourth-order valence-corrected chi connectivity index (χ4v) is 2.15. The van der Waals surface area contributed by atoms with Gasteiger partial charge in [-0.05, 0) is 30.5 Å². The lowest BCUT2D eigenvalue weighted by Crippen LogP contribution is -2.40. The van der Waals surface area contributed by atoms with Crippen LogP contribution in [0.5, 0.6) is 0 Å². The van der Waals surface area contributed by atoms with E-state index in [4.69, 9.17) is 22.2 Å². The van der Waals surface area contributed by atoms with Crippen molar-refractivity contribution in [3.8, 4) is 0 Å². The molecule has 2 atom stereocenters. The predicted octanol–water partition coefficient (Wildman–Crippen LogP) is 2.91. The molecule has 4 heteroatoms. The zero-order valence-electron chi connectivity index (χ0n) is 10.6. The number of ether oxygens (including phenoxy) is 1. The molecule has 0 amide bonds. The second kappa shape index (κ2) is 6.97. The average Bonchev–Trinajstić information content (AvgIpc) is 2.29. The van der Waals surface area contributed by atoms with Crippen molar-refractivity contribution in [3.63, 3.8) is 0 Å². The fraction of sp³-hybridized carbons (Fsp3) is 0.538. The van der Waals surface area contributed by atoms with Crippen molar-refractivity contribution in [1.29, 1.82) is 0 Å². The maximum Gasteiger partial charge on any atom is 0.0805 e. The smallest absolute Gasteiger partial charge is 0.0805 e. The van der Waals surface area contributed by atoms with Crippen LogP contribution in [-0.4, -0.2) is 12.7 Å².